The summed E-state index contributed by atoms with van der Waals surface area (Å²) in [6.45, 7) is 0. The molecule has 0 unspecified atom stereocenters. The highest BCUT2D eigenvalue weighted by molar-refractivity contribution is 6.30. The van der Waals surface area contributed by atoms with Crippen LogP contribution in [-0.2, 0) is 6.18 Å². The molecule has 29 heavy (non-hydrogen) atoms. The van der Waals surface area contributed by atoms with Crippen molar-refractivity contribution in [3.05, 3.63) is 71.1 Å². The van der Waals surface area contributed by atoms with Crippen LogP contribution in [0, 0.1) is 11.3 Å². The minimum absolute atomic E-state index is 0.0176. The lowest BCUT2D eigenvalue weighted by Gasteiger charge is -2.05. The van der Waals surface area contributed by atoms with E-state index in [0.29, 0.717) is 27.5 Å². The van der Waals surface area contributed by atoms with Crippen LogP contribution in [0.15, 0.2) is 59.3 Å². The summed E-state index contributed by atoms with van der Waals surface area (Å²) in [6, 6.07) is 14.7. The van der Waals surface area contributed by atoms with Crippen LogP contribution in [0.5, 0.6) is 0 Å². The molecule has 0 spiro atoms. The number of rotatable bonds is 3. The molecule has 0 atom stereocenters. The van der Waals surface area contributed by atoms with Crippen molar-refractivity contribution >= 4 is 11.6 Å². The maximum absolute atomic E-state index is 13.5. The van der Waals surface area contributed by atoms with Crippen LogP contribution >= 0.6 is 11.6 Å². The van der Waals surface area contributed by atoms with Crippen LogP contribution in [0.1, 0.15) is 11.3 Å². The average molecular weight is 415 g/mol. The highest BCUT2D eigenvalue weighted by atomic mass is 35.5. The number of alkyl halides is 3. The Hall–Kier alpha value is -3.57. The van der Waals surface area contributed by atoms with E-state index in [4.69, 9.17) is 16.9 Å². The smallest absolute Gasteiger partial charge is 0.350 e. The van der Waals surface area contributed by atoms with Gasteiger partial charge in [-0.05, 0) is 36.4 Å². The first-order valence-corrected chi connectivity index (χ1v) is 8.63. The SMILES string of the molecule is N#Cc1ccc(-c2ncc(-c3c(-c4ccc(Cl)cc4)noc3C(F)(F)F)[nH]2)cc1. The van der Waals surface area contributed by atoms with E-state index in [1.807, 2.05) is 6.07 Å². The van der Waals surface area contributed by atoms with Gasteiger partial charge in [0.2, 0.25) is 5.76 Å². The monoisotopic (exact) mass is 414 g/mol. The molecule has 0 saturated heterocycles. The number of nitrogens with zero attached hydrogens (tertiary/aromatic N) is 3. The van der Waals surface area contributed by atoms with Crippen LogP contribution in [0.25, 0.3) is 33.9 Å². The summed E-state index contributed by atoms with van der Waals surface area (Å²) in [5, 5.41) is 13.0. The van der Waals surface area contributed by atoms with E-state index in [1.54, 1.807) is 48.5 Å². The Labute approximate surface area is 167 Å². The van der Waals surface area contributed by atoms with E-state index in [9.17, 15) is 13.2 Å². The Morgan fingerprint density at radius 1 is 1.00 bits per heavy atom. The van der Waals surface area contributed by atoms with Crippen molar-refractivity contribution in [2.45, 2.75) is 6.18 Å². The molecule has 4 aromatic rings. The largest absolute Gasteiger partial charge is 0.453 e. The van der Waals surface area contributed by atoms with Crippen molar-refractivity contribution in [1.29, 1.82) is 5.26 Å². The summed E-state index contributed by atoms with van der Waals surface area (Å²) in [5.74, 6) is -0.877. The third kappa shape index (κ3) is 3.60. The number of H-pyrrole nitrogens is 1. The molecule has 0 radical (unpaired) electrons. The molecule has 2 heterocycles. The Balaban J connectivity index is 1.83. The zero-order valence-corrected chi connectivity index (χ0v) is 15.2. The number of aromatic nitrogens is 3. The molecule has 5 nitrogen and oxygen atoms in total. The highest BCUT2D eigenvalue weighted by Gasteiger charge is 2.41. The molecule has 0 aliphatic carbocycles. The van der Waals surface area contributed by atoms with Crippen molar-refractivity contribution in [2.24, 2.45) is 0 Å². The molecule has 9 heteroatoms. The predicted molar refractivity (Wildman–Crippen MR) is 99.7 cm³/mol. The Kier molecular flexibility index (Phi) is 4.60. The lowest BCUT2D eigenvalue weighted by atomic mass is 10.0. The first-order chi connectivity index (χ1) is 13.9. The molecule has 4 rings (SSSR count). The fourth-order valence-electron chi connectivity index (χ4n) is 2.84. The third-order valence-electron chi connectivity index (χ3n) is 4.20. The first kappa shape index (κ1) is 18.8. The quantitative estimate of drug-likeness (QED) is 0.449. The van der Waals surface area contributed by atoms with Gasteiger partial charge >= 0.3 is 6.18 Å². The highest BCUT2D eigenvalue weighted by Crippen LogP contribution is 2.42. The molecular formula is C20H10ClF3N4O. The molecule has 1 N–H and O–H groups in total. The molecule has 0 fully saturated rings. The number of hydrogen-bond acceptors (Lipinski definition) is 4. The van der Waals surface area contributed by atoms with Crippen molar-refractivity contribution in [2.75, 3.05) is 0 Å². The van der Waals surface area contributed by atoms with Gasteiger partial charge in [0.15, 0.2) is 0 Å². The molecule has 144 valence electrons. The fourth-order valence-corrected chi connectivity index (χ4v) is 2.96. The number of nitriles is 1. The maximum Gasteiger partial charge on any atom is 0.453 e. The van der Waals surface area contributed by atoms with E-state index in [-0.39, 0.29) is 17.0 Å². The van der Waals surface area contributed by atoms with Gasteiger partial charge in [0.05, 0.1) is 29.1 Å². The van der Waals surface area contributed by atoms with E-state index >= 15 is 0 Å². The molecule has 0 saturated carbocycles. The lowest BCUT2D eigenvalue weighted by molar-refractivity contribution is -0.154. The summed E-state index contributed by atoms with van der Waals surface area (Å²) in [7, 11) is 0. The van der Waals surface area contributed by atoms with Gasteiger partial charge in [-0.1, -0.05) is 28.9 Å². The number of hydrogen-bond donors (Lipinski definition) is 1. The van der Waals surface area contributed by atoms with Gasteiger partial charge in [0.1, 0.15) is 11.5 Å². The summed E-state index contributed by atoms with van der Waals surface area (Å²) >= 11 is 5.87. The zero-order valence-electron chi connectivity index (χ0n) is 14.5. The van der Waals surface area contributed by atoms with Crippen LogP contribution < -0.4 is 0 Å². The second kappa shape index (κ2) is 7.11. The fraction of sp³-hybridized carbons (Fsp3) is 0.0500. The topological polar surface area (TPSA) is 78.5 Å². The summed E-state index contributed by atoms with van der Waals surface area (Å²) in [6.07, 6.45) is -3.46. The van der Waals surface area contributed by atoms with Crippen LogP contribution in [0.4, 0.5) is 13.2 Å². The zero-order chi connectivity index (χ0) is 20.6. The summed E-state index contributed by atoms with van der Waals surface area (Å²) in [5.41, 5.74) is 1.37. The van der Waals surface area contributed by atoms with Crippen LogP contribution in [-0.4, -0.2) is 15.1 Å². The molecular weight excluding hydrogens is 405 g/mol. The minimum atomic E-state index is -4.74. The molecule has 0 amide bonds. The lowest BCUT2D eigenvalue weighted by Crippen LogP contribution is -2.05. The van der Waals surface area contributed by atoms with Gasteiger partial charge in [0.25, 0.3) is 0 Å². The van der Waals surface area contributed by atoms with Gasteiger partial charge < -0.3 is 9.51 Å². The third-order valence-corrected chi connectivity index (χ3v) is 4.45. The second-order valence-electron chi connectivity index (χ2n) is 6.07. The van der Waals surface area contributed by atoms with Crippen molar-refractivity contribution in [3.63, 3.8) is 0 Å². The van der Waals surface area contributed by atoms with Gasteiger partial charge in [0, 0.05) is 16.1 Å². The number of halogens is 4. The Morgan fingerprint density at radius 3 is 2.28 bits per heavy atom. The maximum atomic E-state index is 13.5. The van der Waals surface area contributed by atoms with Gasteiger partial charge in [-0.2, -0.15) is 18.4 Å². The van der Waals surface area contributed by atoms with E-state index in [2.05, 4.69) is 19.6 Å². The molecule has 2 aromatic carbocycles. The summed E-state index contributed by atoms with van der Waals surface area (Å²) < 4.78 is 45.2. The normalized spacial score (nSPS) is 11.4. The number of aromatic amines is 1. The number of benzene rings is 2. The standard InChI is InChI=1S/C20H10ClF3N4O/c21-14-7-5-12(6-8-14)17-16(18(29-28-17)20(22,23)24)15-10-26-19(27-15)13-3-1-11(9-25)2-4-13/h1-8,10H,(H,26,27). The van der Waals surface area contributed by atoms with Crippen molar-refractivity contribution in [3.8, 4) is 40.0 Å². The molecule has 0 aliphatic rings. The first-order valence-electron chi connectivity index (χ1n) is 8.25. The average Bonchev–Trinajstić information content (AvgIpc) is 3.35. The second-order valence-corrected chi connectivity index (χ2v) is 6.51. The molecule has 2 aromatic heterocycles. The Bertz CT molecular complexity index is 1200. The van der Waals surface area contributed by atoms with Gasteiger partial charge in [-0.25, -0.2) is 4.98 Å². The van der Waals surface area contributed by atoms with Crippen molar-refractivity contribution < 1.29 is 17.7 Å². The number of imidazole rings is 1. The van der Waals surface area contributed by atoms with Gasteiger partial charge in [-0.15, -0.1) is 0 Å². The van der Waals surface area contributed by atoms with Crippen molar-refractivity contribution in [1.82, 2.24) is 15.1 Å². The number of nitrogens with one attached hydrogen (secondary N) is 1. The molecule has 0 aliphatic heterocycles. The van der Waals surface area contributed by atoms with E-state index in [0.717, 1.165) is 0 Å². The van der Waals surface area contributed by atoms with Crippen LogP contribution in [0.2, 0.25) is 5.02 Å². The predicted octanol–water partition coefficient (Wildman–Crippen LogP) is 5.94. The minimum Gasteiger partial charge on any atom is -0.350 e. The summed E-state index contributed by atoms with van der Waals surface area (Å²) in [4.78, 5) is 7.06. The van der Waals surface area contributed by atoms with E-state index < -0.39 is 11.9 Å². The van der Waals surface area contributed by atoms with E-state index in [1.165, 1.54) is 6.20 Å². The van der Waals surface area contributed by atoms with Crippen LogP contribution in [0.3, 0.4) is 0 Å². The van der Waals surface area contributed by atoms with Gasteiger partial charge in [-0.3, -0.25) is 0 Å². The Morgan fingerprint density at radius 2 is 1.66 bits per heavy atom. The molecule has 0 bridgehead atoms.